The number of aliphatic hydroxyl groups is 2. The second kappa shape index (κ2) is 13.5. The van der Waals surface area contributed by atoms with E-state index in [9.17, 15) is 10.2 Å². The first-order valence-corrected chi connectivity index (χ1v) is 12.7. The molecule has 1 fully saturated rings. The Hall–Kier alpha value is -1.54. The molecule has 2 aromatic carbocycles. The van der Waals surface area contributed by atoms with Crippen LogP contribution in [0.2, 0.25) is 10.0 Å². The van der Waals surface area contributed by atoms with Gasteiger partial charge in [-0.1, -0.05) is 49.2 Å². The summed E-state index contributed by atoms with van der Waals surface area (Å²) >= 11 is 11.9. The molecular formula is C26H36Cl2N2O4. The van der Waals surface area contributed by atoms with E-state index in [4.69, 9.17) is 32.7 Å². The fraction of sp³-hybridized carbons (Fsp3) is 0.538. The fourth-order valence-electron chi connectivity index (χ4n) is 3.93. The molecule has 1 saturated heterocycles. The Morgan fingerprint density at radius 3 is 2.18 bits per heavy atom. The van der Waals surface area contributed by atoms with Crippen molar-refractivity contribution in [3.63, 3.8) is 0 Å². The van der Waals surface area contributed by atoms with E-state index >= 15 is 0 Å². The zero-order valence-electron chi connectivity index (χ0n) is 19.9. The maximum Gasteiger partial charge on any atom is 0.121 e. The van der Waals surface area contributed by atoms with E-state index in [1.807, 2.05) is 12.1 Å². The number of hydrogen-bond donors (Lipinski definition) is 3. The maximum atomic E-state index is 10.3. The second-order valence-corrected chi connectivity index (χ2v) is 10.0. The largest absolute Gasteiger partial charge is 0.491 e. The summed E-state index contributed by atoms with van der Waals surface area (Å²) in [5.74, 6) is 1.85. The summed E-state index contributed by atoms with van der Waals surface area (Å²) in [6.07, 6.45) is 0.769. The van der Waals surface area contributed by atoms with Gasteiger partial charge in [0, 0.05) is 25.2 Å². The summed E-state index contributed by atoms with van der Waals surface area (Å²) in [5, 5.41) is 25.0. The summed E-state index contributed by atoms with van der Waals surface area (Å²) in [7, 11) is 0. The minimum absolute atomic E-state index is 0.197. The highest BCUT2D eigenvalue weighted by molar-refractivity contribution is 6.42. The quantitative estimate of drug-likeness (QED) is 0.394. The number of benzene rings is 2. The van der Waals surface area contributed by atoms with Crippen LogP contribution in [0.15, 0.2) is 42.5 Å². The van der Waals surface area contributed by atoms with Crippen LogP contribution in [-0.4, -0.2) is 72.8 Å². The molecule has 0 aliphatic carbocycles. The van der Waals surface area contributed by atoms with Crippen LogP contribution in [0.1, 0.15) is 38.2 Å². The van der Waals surface area contributed by atoms with Crippen LogP contribution < -0.4 is 14.8 Å². The van der Waals surface area contributed by atoms with Gasteiger partial charge in [0.1, 0.15) is 36.9 Å². The van der Waals surface area contributed by atoms with Gasteiger partial charge in [-0.3, -0.25) is 0 Å². The number of nitrogens with one attached hydrogen (secondary N) is 1. The highest BCUT2D eigenvalue weighted by Crippen LogP contribution is 2.26. The van der Waals surface area contributed by atoms with E-state index in [2.05, 4.69) is 36.2 Å². The summed E-state index contributed by atoms with van der Waals surface area (Å²) in [4.78, 5) is 2.24. The normalized spacial score (nSPS) is 17.0. The molecule has 2 atom stereocenters. The van der Waals surface area contributed by atoms with Gasteiger partial charge in [0.15, 0.2) is 0 Å². The molecule has 0 amide bonds. The van der Waals surface area contributed by atoms with Crippen molar-refractivity contribution in [2.24, 2.45) is 0 Å². The van der Waals surface area contributed by atoms with Gasteiger partial charge in [0.05, 0.1) is 10.0 Å². The van der Waals surface area contributed by atoms with Crippen molar-refractivity contribution < 1.29 is 19.7 Å². The van der Waals surface area contributed by atoms with Gasteiger partial charge >= 0.3 is 0 Å². The predicted molar refractivity (Wildman–Crippen MR) is 137 cm³/mol. The molecule has 0 saturated carbocycles. The average Bonchev–Trinajstić information content (AvgIpc) is 2.83. The lowest BCUT2D eigenvalue weighted by Crippen LogP contribution is -2.47. The second-order valence-electron chi connectivity index (χ2n) is 9.21. The molecule has 0 aromatic heterocycles. The summed E-state index contributed by atoms with van der Waals surface area (Å²) < 4.78 is 11.3. The molecule has 188 valence electrons. The first-order chi connectivity index (χ1) is 16.3. The van der Waals surface area contributed by atoms with Gasteiger partial charge < -0.3 is 29.9 Å². The monoisotopic (exact) mass is 510 g/mol. The number of likely N-dealkylation sites (tertiary alicyclic amines) is 1. The number of nitrogens with zero attached hydrogens (tertiary/aromatic N) is 1. The molecular weight excluding hydrogens is 475 g/mol. The van der Waals surface area contributed by atoms with E-state index in [0.717, 1.165) is 31.7 Å². The number of β-amino-alcohol motifs (C(OH)–C–C–N with tert-alkyl or cyclic N) is 1. The highest BCUT2D eigenvalue weighted by Gasteiger charge is 2.22. The van der Waals surface area contributed by atoms with E-state index < -0.39 is 12.2 Å². The Labute approximate surface area is 212 Å². The molecule has 1 heterocycles. The maximum absolute atomic E-state index is 10.3. The summed E-state index contributed by atoms with van der Waals surface area (Å²) in [6, 6.07) is 13.4. The van der Waals surface area contributed by atoms with Gasteiger partial charge in [-0.05, 0) is 61.7 Å². The van der Waals surface area contributed by atoms with Crippen molar-refractivity contribution in [1.82, 2.24) is 10.2 Å². The van der Waals surface area contributed by atoms with Gasteiger partial charge in [0.25, 0.3) is 0 Å². The third kappa shape index (κ3) is 8.91. The first-order valence-electron chi connectivity index (χ1n) is 11.9. The molecule has 0 spiro atoms. The van der Waals surface area contributed by atoms with Crippen LogP contribution >= 0.6 is 23.2 Å². The van der Waals surface area contributed by atoms with Gasteiger partial charge in [0.2, 0.25) is 0 Å². The van der Waals surface area contributed by atoms with Crippen LogP contribution in [0.5, 0.6) is 11.5 Å². The van der Waals surface area contributed by atoms with E-state index in [-0.39, 0.29) is 13.2 Å². The molecule has 8 heteroatoms. The first kappa shape index (κ1) is 27.1. The zero-order chi connectivity index (χ0) is 24.5. The predicted octanol–water partition coefficient (Wildman–Crippen LogP) is 4.35. The van der Waals surface area contributed by atoms with Crippen molar-refractivity contribution in [3.05, 3.63) is 58.1 Å². The molecule has 2 aromatic rings. The standard InChI is InChI=1S/C26H36Cl2N2O4/c1-18(2)19-3-5-23(6-4-19)33-16-21(31)14-29-20-9-11-30(12-10-20)15-22(32)17-34-24-7-8-25(27)26(28)13-24/h3-8,13,18,20-22,29,31-32H,9-12,14-17H2,1-2H3/t21-,22+/m1/s1. The molecule has 0 radical (unpaired) electrons. The van der Waals surface area contributed by atoms with Gasteiger partial charge in [-0.15, -0.1) is 0 Å². The SMILES string of the molecule is CC(C)c1ccc(OC[C@H](O)CNC2CCN(C[C@H](O)COc3ccc(Cl)c(Cl)c3)CC2)cc1. The average molecular weight is 511 g/mol. The summed E-state index contributed by atoms with van der Waals surface area (Å²) in [6.45, 7) is 7.60. The van der Waals surface area contributed by atoms with Gasteiger partial charge in [-0.2, -0.15) is 0 Å². The van der Waals surface area contributed by atoms with E-state index in [1.54, 1.807) is 18.2 Å². The van der Waals surface area contributed by atoms with Crippen molar-refractivity contribution in [2.75, 3.05) is 39.4 Å². The lowest BCUT2D eigenvalue weighted by molar-refractivity contribution is 0.0556. The Morgan fingerprint density at radius 2 is 1.53 bits per heavy atom. The molecule has 3 N–H and O–H groups in total. The van der Waals surface area contributed by atoms with Crippen LogP contribution in [-0.2, 0) is 0 Å². The Bertz CT molecular complexity index is 874. The third-order valence-corrected chi connectivity index (χ3v) is 6.76. The van der Waals surface area contributed by atoms with Crippen LogP contribution in [0, 0.1) is 0 Å². The Balaban J connectivity index is 1.28. The van der Waals surface area contributed by atoms with E-state index in [0.29, 0.717) is 40.8 Å². The van der Waals surface area contributed by atoms with Crippen molar-refractivity contribution in [2.45, 2.75) is 50.9 Å². The molecule has 0 bridgehead atoms. The highest BCUT2D eigenvalue weighted by atomic mass is 35.5. The molecule has 1 aliphatic heterocycles. The van der Waals surface area contributed by atoms with Crippen LogP contribution in [0.4, 0.5) is 0 Å². The van der Waals surface area contributed by atoms with Gasteiger partial charge in [-0.25, -0.2) is 0 Å². The molecule has 6 nitrogen and oxygen atoms in total. The Morgan fingerprint density at radius 1 is 0.912 bits per heavy atom. The van der Waals surface area contributed by atoms with Crippen LogP contribution in [0.25, 0.3) is 0 Å². The fourth-order valence-corrected chi connectivity index (χ4v) is 4.22. The topological polar surface area (TPSA) is 74.2 Å². The number of hydrogen-bond acceptors (Lipinski definition) is 6. The summed E-state index contributed by atoms with van der Waals surface area (Å²) in [5.41, 5.74) is 1.27. The van der Waals surface area contributed by atoms with Crippen molar-refractivity contribution in [3.8, 4) is 11.5 Å². The zero-order valence-corrected chi connectivity index (χ0v) is 21.4. The number of piperidine rings is 1. The minimum atomic E-state index is -0.590. The molecule has 3 rings (SSSR count). The lowest BCUT2D eigenvalue weighted by Gasteiger charge is -2.33. The molecule has 0 unspecified atom stereocenters. The van der Waals surface area contributed by atoms with Crippen molar-refractivity contribution in [1.29, 1.82) is 0 Å². The number of rotatable bonds is 12. The molecule has 34 heavy (non-hydrogen) atoms. The Kier molecular flexibility index (Phi) is 10.8. The number of aliphatic hydroxyl groups excluding tert-OH is 2. The number of ether oxygens (including phenoxy) is 2. The minimum Gasteiger partial charge on any atom is -0.491 e. The lowest BCUT2D eigenvalue weighted by atomic mass is 10.0. The third-order valence-electron chi connectivity index (χ3n) is 6.02. The number of halogens is 2. The molecule has 1 aliphatic rings. The van der Waals surface area contributed by atoms with E-state index in [1.165, 1.54) is 5.56 Å². The smallest absolute Gasteiger partial charge is 0.121 e. The van der Waals surface area contributed by atoms with Crippen LogP contribution in [0.3, 0.4) is 0 Å². The van der Waals surface area contributed by atoms with Crippen molar-refractivity contribution >= 4 is 23.2 Å².